The van der Waals surface area contributed by atoms with E-state index >= 15 is 0 Å². The third-order valence-electron chi connectivity index (χ3n) is 18.8. The molecule has 5 aromatic rings. The fraction of sp³-hybridized carbons (Fsp3) is 0.564. The fourth-order valence-corrected chi connectivity index (χ4v) is 17.3. The molecule has 2 heterocycles. The Labute approximate surface area is 546 Å². The van der Waals surface area contributed by atoms with Crippen LogP contribution in [0.3, 0.4) is 0 Å². The van der Waals surface area contributed by atoms with Crippen LogP contribution in [-0.4, -0.2) is 0 Å². The van der Waals surface area contributed by atoms with Gasteiger partial charge in [-0.05, 0) is 160 Å². The Morgan fingerprint density at radius 2 is 0.605 bits per heavy atom. The molecule has 0 saturated carbocycles. The van der Waals surface area contributed by atoms with Crippen LogP contribution in [0.15, 0.2) is 79.4 Å². The number of nitrogens with zero attached hydrogens (tertiary/aromatic N) is 4. The normalized spacial score (nSPS) is 12.7. The Hall–Kier alpha value is -4.54. The predicted octanol–water partition coefficient (Wildman–Crippen LogP) is 26.8. The summed E-state index contributed by atoms with van der Waals surface area (Å²) >= 11 is 11.4. The molecule has 0 radical (unpaired) electrons. The van der Waals surface area contributed by atoms with Gasteiger partial charge in [-0.2, -0.15) is 21.0 Å². The lowest BCUT2D eigenvalue weighted by Crippen LogP contribution is -2.06. The number of unbranched alkanes of at least 4 members (excludes halogenated alkanes) is 28. The summed E-state index contributed by atoms with van der Waals surface area (Å²) < 4.78 is 2.24. The average molecular weight is 1320 g/mol. The van der Waals surface area contributed by atoms with Crippen molar-refractivity contribution in [2.75, 3.05) is 0 Å². The third kappa shape index (κ3) is 19.7. The molecule has 0 saturated heterocycles. The highest BCUT2D eigenvalue weighted by Gasteiger charge is 2.35. The summed E-state index contributed by atoms with van der Waals surface area (Å²) in [7, 11) is 0. The van der Waals surface area contributed by atoms with E-state index in [9.17, 15) is 21.0 Å². The van der Waals surface area contributed by atoms with Gasteiger partial charge in [0.25, 0.3) is 0 Å². The van der Waals surface area contributed by atoms with Gasteiger partial charge in [-0.1, -0.05) is 283 Å². The molecule has 0 amide bonds. The smallest absolute Gasteiger partial charge is 0.138 e. The minimum absolute atomic E-state index is 0.0861. The van der Waals surface area contributed by atoms with Crippen molar-refractivity contribution in [2.45, 2.75) is 272 Å². The van der Waals surface area contributed by atoms with Gasteiger partial charge >= 0.3 is 0 Å². The maximum atomic E-state index is 10.7. The van der Waals surface area contributed by atoms with Crippen LogP contribution in [0.1, 0.15) is 292 Å². The lowest BCUT2D eigenvalue weighted by molar-refractivity contribution is 0.400. The summed E-state index contributed by atoms with van der Waals surface area (Å²) in [6, 6.07) is 31.4. The first-order valence-electron chi connectivity index (χ1n) is 34.4. The van der Waals surface area contributed by atoms with Gasteiger partial charge in [0.05, 0.1) is 7.57 Å². The largest absolute Gasteiger partial charge is 0.192 e. The first-order valence-corrected chi connectivity index (χ1v) is 37.6. The van der Waals surface area contributed by atoms with Crippen LogP contribution < -0.4 is 0 Å². The van der Waals surface area contributed by atoms with Gasteiger partial charge in [0, 0.05) is 20.9 Å². The average Bonchev–Trinajstić information content (AvgIpc) is 1.64. The van der Waals surface area contributed by atoms with E-state index in [-0.39, 0.29) is 11.1 Å². The second-order valence-corrected chi connectivity index (χ2v) is 30.3. The van der Waals surface area contributed by atoms with Gasteiger partial charge in [-0.25, -0.2) is 0 Å². The number of hydrogen-bond acceptors (Lipinski definition) is 6. The molecule has 2 aromatic heterocycles. The number of benzene rings is 3. The molecule has 0 spiro atoms. The third-order valence-corrected chi connectivity index (χ3v) is 22.2. The molecule has 0 N–H and O–H groups in total. The summed E-state index contributed by atoms with van der Waals surface area (Å²) in [5, 5.41) is 42.8. The first-order chi connectivity index (χ1) is 42.2. The molecule has 2 atom stereocenters. The van der Waals surface area contributed by atoms with Crippen LogP contribution in [-0.2, 0) is 12.8 Å². The van der Waals surface area contributed by atoms with E-state index in [1.54, 1.807) is 22.7 Å². The highest BCUT2D eigenvalue weighted by atomic mass is 79.9. The number of hydrogen-bond donors (Lipinski definition) is 0. The Morgan fingerprint density at radius 3 is 0.884 bits per heavy atom. The van der Waals surface area contributed by atoms with Crippen molar-refractivity contribution in [1.82, 2.24) is 0 Å². The number of halogens is 2. The molecular weight excluding hydrogens is 1220 g/mol. The Kier molecular flexibility index (Phi) is 30.5. The molecule has 2 unspecified atom stereocenters. The van der Waals surface area contributed by atoms with Crippen molar-refractivity contribution in [2.24, 2.45) is 11.8 Å². The molecular formula is C78H100Br2N4S2. The van der Waals surface area contributed by atoms with E-state index in [1.807, 2.05) is 0 Å². The summed E-state index contributed by atoms with van der Waals surface area (Å²) in [5.41, 5.74) is 13.6. The molecule has 8 heteroatoms. The molecule has 7 rings (SSSR count). The SMILES string of the molecule is CCCCCCCCCCCCC(CCCCCCCC)Cc1cc(Br)sc1-c1ccc2c(c1)C(=C(C#N)C#N)c1cc3c(cc1-2)C(=C(C#N)C#N)c1cc(-c2sc(Br)cc2CC(CCCCCCCC)CCCCCCCCCCCC)ccc1-3. The molecule has 3 aromatic carbocycles. The monoisotopic (exact) mass is 1310 g/mol. The number of nitriles is 4. The minimum atomic E-state index is 0.0861. The molecule has 4 nitrogen and oxygen atoms in total. The highest BCUT2D eigenvalue weighted by molar-refractivity contribution is 9.11. The van der Waals surface area contributed by atoms with E-state index < -0.39 is 0 Å². The molecule has 458 valence electrons. The van der Waals surface area contributed by atoms with Crippen LogP contribution in [0.2, 0.25) is 0 Å². The van der Waals surface area contributed by atoms with Crippen LogP contribution in [0.5, 0.6) is 0 Å². The maximum Gasteiger partial charge on any atom is 0.138 e. The van der Waals surface area contributed by atoms with Crippen molar-refractivity contribution < 1.29 is 0 Å². The second-order valence-electron chi connectivity index (χ2n) is 25.4. The zero-order chi connectivity index (χ0) is 60.9. The molecule has 2 aliphatic carbocycles. The zero-order valence-electron chi connectivity index (χ0n) is 53.2. The molecule has 0 bridgehead atoms. The minimum Gasteiger partial charge on any atom is -0.192 e. The Bertz CT molecular complexity index is 2930. The van der Waals surface area contributed by atoms with E-state index in [2.05, 4.69) is 144 Å². The lowest BCUT2D eigenvalue weighted by Gasteiger charge is -2.18. The topological polar surface area (TPSA) is 95.2 Å². The molecule has 0 aliphatic heterocycles. The highest BCUT2D eigenvalue weighted by Crippen LogP contribution is 2.55. The van der Waals surface area contributed by atoms with Crippen molar-refractivity contribution in [1.29, 1.82) is 21.0 Å². The Morgan fingerprint density at radius 1 is 0.337 bits per heavy atom. The van der Waals surface area contributed by atoms with Gasteiger partial charge in [0.2, 0.25) is 0 Å². The van der Waals surface area contributed by atoms with Crippen LogP contribution in [0.25, 0.3) is 54.3 Å². The zero-order valence-corrected chi connectivity index (χ0v) is 58.0. The fourth-order valence-electron chi connectivity index (χ4n) is 14.0. The summed E-state index contributed by atoms with van der Waals surface area (Å²) in [6.45, 7) is 9.17. The first kappa shape index (κ1) is 68.9. The quantitative estimate of drug-likeness (QED) is 0.0281. The summed E-state index contributed by atoms with van der Waals surface area (Å²) in [6.07, 6.45) is 49.8. The van der Waals surface area contributed by atoms with E-state index in [0.29, 0.717) is 23.0 Å². The number of fused-ring (bicyclic) bond motifs is 6. The van der Waals surface area contributed by atoms with Gasteiger partial charge in [0.15, 0.2) is 0 Å². The van der Waals surface area contributed by atoms with Gasteiger partial charge < -0.3 is 0 Å². The van der Waals surface area contributed by atoms with E-state index in [1.165, 1.54) is 252 Å². The maximum absolute atomic E-state index is 10.7. The van der Waals surface area contributed by atoms with Gasteiger partial charge in [-0.15, -0.1) is 22.7 Å². The molecule has 86 heavy (non-hydrogen) atoms. The van der Waals surface area contributed by atoms with Crippen molar-refractivity contribution in [3.8, 4) is 67.4 Å². The van der Waals surface area contributed by atoms with Crippen molar-refractivity contribution in [3.63, 3.8) is 0 Å². The Balaban J connectivity index is 1.15. The summed E-state index contributed by atoms with van der Waals surface area (Å²) in [5.74, 6) is 1.24. The van der Waals surface area contributed by atoms with E-state index in [0.717, 1.165) is 76.0 Å². The van der Waals surface area contributed by atoms with Crippen LogP contribution in [0.4, 0.5) is 0 Å². The number of allylic oxidation sites excluding steroid dienone is 2. The van der Waals surface area contributed by atoms with Crippen molar-refractivity contribution in [3.05, 3.63) is 113 Å². The van der Waals surface area contributed by atoms with Gasteiger partial charge in [0.1, 0.15) is 35.4 Å². The standard InChI is InChI=1S/C78H100Br2N4S2/c1-5-9-13-17-21-23-25-27-31-35-39-57(37-33-29-19-15-11-7-3)45-61-49-73(79)85-77(61)59-41-43-65-67-51-72-68(52-71(67)75(69(65)47-59)63(53-81)54-82)66-44-42-60(48-70(66)76(72)64(55-83)56-84)78-62(50-74(80)86-78)46-58(38-34-30-20-16-12-8-4)40-36-32-28-26-24-22-18-14-10-6-2/h41-44,47-52,57-58H,5-40,45-46H2,1-4H3. The van der Waals surface area contributed by atoms with Gasteiger partial charge in [-0.3, -0.25) is 0 Å². The van der Waals surface area contributed by atoms with Crippen molar-refractivity contribution >= 4 is 65.7 Å². The molecule has 0 fully saturated rings. The van der Waals surface area contributed by atoms with Crippen LogP contribution in [0, 0.1) is 57.2 Å². The van der Waals surface area contributed by atoms with Crippen LogP contribution >= 0.6 is 54.5 Å². The predicted molar refractivity (Wildman–Crippen MR) is 377 cm³/mol. The number of thiophene rings is 2. The van der Waals surface area contributed by atoms with E-state index in [4.69, 9.17) is 0 Å². The number of rotatable bonds is 42. The lowest BCUT2D eigenvalue weighted by atomic mass is 9.88. The molecule has 2 aliphatic rings. The summed E-state index contributed by atoms with van der Waals surface area (Å²) in [4.78, 5) is 2.49. The second kappa shape index (κ2) is 38.1.